The Balaban J connectivity index is 1.74. The second-order valence-corrected chi connectivity index (χ2v) is 6.01. The van der Waals surface area contributed by atoms with Gasteiger partial charge in [-0.1, -0.05) is 37.2 Å². The van der Waals surface area contributed by atoms with Crippen molar-refractivity contribution in [1.29, 1.82) is 0 Å². The highest BCUT2D eigenvalue weighted by atomic mass is 16.5. The van der Waals surface area contributed by atoms with Crippen molar-refractivity contribution < 1.29 is 9.32 Å². The lowest BCUT2D eigenvalue weighted by molar-refractivity contribution is 0.0913. The molecule has 0 aliphatic carbocycles. The molecule has 0 unspecified atom stereocenters. The smallest absolute Gasteiger partial charge is 0.290 e. The minimum Gasteiger partial charge on any atom is -0.351 e. The zero-order chi connectivity index (χ0) is 17.1. The summed E-state index contributed by atoms with van der Waals surface area (Å²) in [6.45, 7) is 4.32. The van der Waals surface area contributed by atoms with E-state index in [2.05, 4.69) is 34.5 Å². The molecule has 0 bridgehead atoms. The second kappa shape index (κ2) is 6.66. The van der Waals surface area contributed by atoms with E-state index in [4.69, 9.17) is 4.52 Å². The van der Waals surface area contributed by atoms with Crippen LogP contribution in [0.15, 0.2) is 39.6 Å². The Hall–Kier alpha value is -2.96. The number of carbonyl (C=O) groups is 1. The van der Waals surface area contributed by atoms with Gasteiger partial charge >= 0.3 is 0 Å². The van der Waals surface area contributed by atoms with Crippen LogP contribution in [0.2, 0.25) is 0 Å². The molecule has 0 radical (unpaired) electrons. The molecule has 0 aliphatic rings. The van der Waals surface area contributed by atoms with Crippen molar-refractivity contribution in [2.45, 2.75) is 26.8 Å². The van der Waals surface area contributed by atoms with E-state index in [9.17, 15) is 9.59 Å². The van der Waals surface area contributed by atoms with Gasteiger partial charge in [0.25, 0.3) is 11.5 Å². The van der Waals surface area contributed by atoms with E-state index < -0.39 is 0 Å². The first-order valence-corrected chi connectivity index (χ1v) is 7.74. The number of aromatic amines is 1. The van der Waals surface area contributed by atoms with Gasteiger partial charge in [-0.25, -0.2) is 5.10 Å². The Morgan fingerprint density at radius 1 is 1.29 bits per heavy atom. The van der Waals surface area contributed by atoms with E-state index in [1.165, 1.54) is 0 Å². The Labute approximate surface area is 138 Å². The molecule has 3 rings (SSSR count). The quantitative estimate of drug-likeness (QED) is 0.747. The number of hydrogen-bond donors (Lipinski definition) is 2. The number of H-pyrrole nitrogens is 1. The molecule has 0 saturated carbocycles. The van der Waals surface area contributed by atoms with Crippen molar-refractivity contribution in [2.75, 3.05) is 0 Å². The lowest BCUT2D eigenvalue weighted by atomic mass is 10.1. The number of rotatable bonds is 5. The van der Waals surface area contributed by atoms with E-state index in [-0.39, 0.29) is 23.8 Å². The number of nitrogens with one attached hydrogen (secondary N) is 2. The molecule has 0 saturated heterocycles. The van der Waals surface area contributed by atoms with Gasteiger partial charge in [0.1, 0.15) is 0 Å². The number of fused-ring (bicyclic) bond motifs is 1. The summed E-state index contributed by atoms with van der Waals surface area (Å²) < 4.78 is 5.08. The molecule has 3 aromatic rings. The molecule has 7 nitrogen and oxygen atoms in total. The molecule has 124 valence electrons. The maximum atomic E-state index is 12.2. The van der Waals surface area contributed by atoms with Gasteiger partial charge in [-0.3, -0.25) is 9.59 Å². The fraction of sp³-hybridized carbons (Fsp3) is 0.294. The van der Waals surface area contributed by atoms with Crippen LogP contribution in [0.5, 0.6) is 0 Å². The molecule has 0 atom stereocenters. The van der Waals surface area contributed by atoms with Gasteiger partial charge in [-0.2, -0.15) is 5.10 Å². The summed E-state index contributed by atoms with van der Waals surface area (Å²) in [5, 5.41) is 14.3. The number of aromatic nitrogens is 3. The fourth-order valence-electron chi connectivity index (χ4n) is 2.49. The summed E-state index contributed by atoms with van der Waals surface area (Å²) in [6.07, 6.45) is 0.753. The predicted octanol–water partition coefficient (Wildman–Crippen LogP) is 2.04. The van der Waals surface area contributed by atoms with Gasteiger partial charge in [0, 0.05) is 11.5 Å². The Bertz CT molecular complexity index is 927. The zero-order valence-corrected chi connectivity index (χ0v) is 13.5. The van der Waals surface area contributed by atoms with Crippen LogP contribution in [-0.4, -0.2) is 21.3 Å². The molecule has 0 aliphatic heterocycles. The van der Waals surface area contributed by atoms with E-state index in [0.29, 0.717) is 22.4 Å². The molecule has 0 spiro atoms. The lowest BCUT2D eigenvalue weighted by Crippen LogP contribution is -2.24. The van der Waals surface area contributed by atoms with Crippen molar-refractivity contribution in [3.8, 4) is 0 Å². The molecule has 2 heterocycles. The summed E-state index contributed by atoms with van der Waals surface area (Å²) in [7, 11) is 0. The zero-order valence-electron chi connectivity index (χ0n) is 13.5. The van der Waals surface area contributed by atoms with Crippen LogP contribution in [0.4, 0.5) is 0 Å². The molecule has 24 heavy (non-hydrogen) atoms. The summed E-state index contributed by atoms with van der Waals surface area (Å²) in [5.41, 5.74) is 1.08. The maximum absolute atomic E-state index is 12.2. The van der Waals surface area contributed by atoms with Crippen LogP contribution in [-0.2, 0) is 13.0 Å². The molecule has 1 amide bonds. The topological polar surface area (TPSA) is 101 Å². The SMILES string of the molecule is CC(C)Cc1cc(C(=O)NCc2n[nH]c(=O)c3ccccc23)on1. The van der Waals surface area contributed by atoms with Crippen molar-refractivity contribution in [1.82, 2.24) is 20.7 Å². The number of benzene rings is 1. The monoisotopic (exact) mass is 326 g/mol. The van der Waals surface area contributed by atoms with Crippen LogP contribution < -0.4 is 10.9 Å². The van der Waals surface area contributed by atoms with Gasteiger partial charge < -0.3 is 9.84 Å². The summed E-state index contributed by atoms with van der Waals surface area (Å²) >= 11 is 0. The third-order valence-corrected chi connectivity index (χ3v) is 3.59. The highest BCUT2D eigenvalue weighted by Gasteiger charge is 2.14. The minimum absolute atomic E-state index is 0.166. The van der Waals surface area contributed by atoms with Crippen molar-refractivity contribution in [3.63, 3.8) is 0 Å². The summed E-state index contributed by atoms with van der Waals surface area (Å²) in [4.78, 5) is 23.9. The van der Waals surface area contributed by atoms with Crippen LogP contribution >= 0.6 is 0 Å². The Morgan fingerprint density at radius 3 is 2.79 bits per heavy atom. The standard InChI is InChI=1S/C17H18N4O3/c1-10(2)7-11-8-15(24-21-11)17(23)18-9-14-12-5-3-4-6-13(12)16(22)20-19-14/h3-6,8,10H,7,9H2,1-2H3,(H,18,23)(H,20,22). The lowest BCUT2D eigenvalue weighted by Gasteiger charge is -2.05. The number of hydrogen-bond acceptors (Lipinski definition) is 5. The van der Waals surface area contributed by atoms with Gasteiger partial charge in [0.05, 0.1) is 23.3 Å². The molecule has 2 aromatic heterocycles. The summed E-state index contributed by atoms with van der Waals surface area (Å²) in [6, 6.07) is 8.77. The number of carbonyl (C=O) groups excluding carboxylic acids is 1. The van der Waals surface area contributed by atoms with Gasteiger partial charge in [-0.05, 0) is 18.4 Å². The van der Waals surface area contributed by atoms with Crippen LogP contribution in [0.3, 0.4) is 0 Å². The normalized spacial score (nSPS) is 11.1. The first-order chi connectivity index (χ1) is 11.5. The molecule has 0 fully saturated rings. The van der Waals surface area contributed by atoms with Crippen molar-refractivity contribution in [3.05, 3.63) is 57.8 Å². The van der Waals surface area contributed by atoms with E-state index in [0.717, 1.165) is 12.1 Å². The van der Waals surface area contributed by atoms with E-state index >= 15 is 0 Å². The largest absolute Gasteiger partial charge is 0.351 e. The second-order valence-electron chi connectivity index (χ2n) is 6.01. The first kappa shape index (κ1) is 15.9. The van der Waals surface area contributed by atoms with Crippen LogP contribution in [0, 0.1) is 5.92 Å². The average molecular weight is 326 g/mol. The Kier molecular flexibility index (Phi) is 4.41. The third-order valence-electron chi connectivity index (χ3n) is 3.59. The van der Waals surface area contributed by atoms with Gasteiger partial charge in [-0.15, -0.1) is 0 Å². The Morgan fingerprint density at radius 2 is 2.04 bits per heavy atom. The van der Waals surface area contributed by atoms with Gasteiger partial charge in [0.2, 0.25) is 5.76 Å². The van der Waals surface area contributed by atoms with Crippen LogP contribution in [0.1, 0.15) is 35.8 Å². The van der Waals surface area contributed by atoms with E-state index in [1.807, 2.05) is 6.07 Å². The average Bonchev–Trinajstić information content (AvgIpc) is 3.02. The van der Waals surface area contributed by atoms with Crippen molar-refractivity contribution in [2.24, 2.45) is 5.92 Å². The number of amides is 1. The molecular weight excluding hydrogens is 308 g/mol. The molecule has 2 N–H and O–H groups in total. The molecular formula is C17H18N4O3. The van der Waals surface area contributed by atoms with E-state index in [1.54, 1.807) is 24.3 Å². The van der Waals surface area contributed by atoms with Crippen LogP contribution in [0.25, 0.3) is 10.8 Å². The number of nitrogens with zero attached hydrogens (tertiary/aromatic N) is 2. The molecule has 7 heteroatoms. The fourth-order valence-corrected chi connectivity index (χ4v) is 2.49. The maximum Gasteiger partial charge on any atom is 0.290 e. The first-order valence-electron chi connectivity index (χ1n) is 7.74. The predicted molar refractivity (Wildman–Crippen MR) is 88.6 cm³/mol. The summed E-state index contributed by atoms with van der Waals surface area (Å²) in [5.74, 6) is 0.233. The van der Waals surface area contributed by atoms with Crippen molar-refractivity contribution >= 4 is 16.7 Å². The molecule has 1 aromatic carbocycles. The highest BCUT2D eigenvalue weighted by Crippen LogP contribution is 2.13. The highest BCUT2D eigenvalue weighted by molar-refractivity contribution is 5.91. The minimum atomic E-state index is -0.366. The van der Waals surface area contributed by atoms with Gasteiger partial charge in [0.15, 0.2) is 0 Å². The third kappa shape index (κ3) is 3.34.